The van der Waals surface area contributed by atoms with Crippen molar-refractivity contribution in [2.75, 3.05) is 5.32 Å². The molecule has 0 radical (unpaired) electrons. The number of carbonyl (C=O) groups is 1. The Morgan fingerprint density at radius 1 is 1.28 bits per heavy atom. The quantitative estimate of drug-likeness (QED) is 0.667. The van der Waals surface area contributed by atoms with Gasteiger partial charge in [-0.25, -0.2) is 4.98 Å². The molecule has 3 aromatic rings. The predicted octanol–water partition coefficient (Wildman–Crippen LogP) is 4.92. The van der Waals surface area contributed by atoms with E-state index in [-0.39, 0.29) is 5.91 Å². The fourth-order valence-corrected chi connectivity index (χ4v) is 3.00. The molecule has 0 saturated carbocycles. The number of nitrogens with zero attached hydrogens (tertiary/aromatic N) is 2. The number of carbonyl (C=O) groups excluding carboxylic acids is 1. The molecule has 3 rings (SSSR count). The lowest BCUT2D eigenvalue weighted by atomic mass is 10.2. The van der Waals surface area contributed by atoms with Crippen molar-refractivity contribution in [1.82, 2.24) is 9.97 Å². The Morgan fingerprint density at radius 3 is 2.84 bits per heavy atom. The van der Waals surface area contributed by atoms with Crippen LogP contribution in [0, 0.1) is 0 Å². The fourth-order valence-electron chi connectivity index (χ4n) is 1.99. The van der Waals surface area contributed by atoms with Crippen molar-refractivity contribution in [3.8, 4) is 17.0 Å². The number of halogens is 2. The number of amides is 1. The maximum Gasteiger partial charge on any atom is 0.266 e. The van der Waals surface area contributed by atoms with Gasteiger partial charge in [-0.3, -0.25) is 15.1 Å². The lowest BCUT2D eigenvalue weighted by Crippen LogP contribution is -2.30. The highest BCUT2D eigenvalue weighted by Gasteiger charge is 2.17. The number of anilines is 1. The van der Waals surface area contributed by atoms with Crippen molar-refractivity contribution in [2.24, 2.45) is 0 Å². The second-order valence-corrected chi connectivity index (χ2v) is 6.78. The van der Waals surface area contributed by atoms with Crippen molar-refractivity contribution in [2.45, 2.75) is 13.0 Å². The minimum atomic E-state index is -0.719. The third kappa shape index (κ3) is 4.48. The van der Waals surface area contributed by atoms with Gasteiger partial charge in [-0.1, -0.05) is 23.2 Å². The van der Waals surface area contributed by atoms with Crippen LogP contribution in [0.4, 0.5) is 5.13 Å². The third-order valence-corrected chi connectivity index (χ3v) is 4.76. The van der Waals surface area contributed by atoms with Gasteiger partial charge in [0.25, 0.3) is 5.91 Å². The summed E-state index contributed by atoms with van der Waals surface area (Å²) in [5, 5.41) is 5.89. The number of aromatic nitrogens is 2. The van der Waals surface area contributed by atoms with Gasteiger partial charge >= 0.3 is 0 Å². The molecule has 0 aliphatic heterocycles. The van der Waals surface area contributed by atoms with Gasteiger partial charge < -0.3 is 4.74 Å². The van der Waals surface area contributed by atoms with Gasteiger partial charge in [0, 0.05) is 29.4 Å². The van der Waals surface area contributed by atoms with Gasteiger partial charge in [0.2, 0.25) is 0 Å². The van der Waals surface area contributed by atoms with Crippen LogP contribution >= 0.6 is 34.5 Å². The van der Waals surface area contributed by atoms with Crippen LogP contribution in [-0.2, 0) is 4.79 Å². The molecule has 1 N–H and O–H groups in total. The lowest BCUT2D eigenvalue weighted by molar-refractivity contribution is -0.122. The first-order valence-corrected chi connectivity index (χ1v) is 8.95. The van der Waals surface area contributed by atoms with Crippen LogP contribution in [0.5, 0.6) is 5.75 Å². The maximum absolute atomic E-state index is 12.3. The number of pyridine rings is 1. The fraction of sp³-hybridized carbons (Fsp3) is 0.118. The Bertz CT molecular complexity index is 887. The minimum absolute atomic E-state index is 0.307. The van der Waals surface area contributed by atoms with Gasteiger partial charge in [0.1, 0.15) is 5.75 Å². The molecule has 0 aliphatic rings. The van der Waals surface area contributed by atoms with E-state index in [1.165, 1.54) is 11.3 Å². The minimum Gasteiger partial charge on any atom is -0.481 e. The van der Waals surface area contributed by atoms with E-state index >= 15 is 0 Å². The summed E-state index contributed by atoms with van der Waals surface area (Å²) in [6.07, 6.45) is 2.69. The number of ether oxygens (including phenoxy) is 1. The summed E-state index contributed by atoms with van der Waals surface area (Å²) in [7, 11) is 0. The number of rotatable bonds is 5. The molecule has 0 aliphatic carbocycles. The van der Waals surface area contributed by atoms with E-state index in [0.717, 1.165) is 11.3 Å². The molecular weight excluding hydrogens is 381 g/mol. The van der Waals surface area contributed by atoms with Crippen LogP contribution in [0.15, 0.2) is 48.1 Å². The normalized spacial score (nSPS) is 11.8. The molecule has 1 atom stereocenters. The number of hydrogen-bond acceptors (Lipinski definition) is 5. The molecule has 1 unspecified atom stereocenters. The number of hydrogen-bond donors (Lipinski definition) is 1. The van der Waals surface area contributed by atoms with E-state index in [4.69, 9.17) is 27.9 Å². The van der Waals surface area contributed by atoms with E-state index in [0.29, 0.717) is 20.9 Å². The zero-order chi connectivity index (χ0) is 17.8. The molecule has 1 aromatic carbocycles. The van der Waals surface area contributed by atoms with E-state index in [1.54, 1.807) is 37.5 Å². The summed E-state index contributed by atoms with van der Waals surface area (Å²) < 4.78 is 5.59. The SMILES string of the molecule is CC(Oc1ccc(Cl)c(Cl)c1)C(=O)Nc1nc(-c2cccnc2)cs1. The Morgan fingerprint density at radius 2 is 2.12 bits per heavy atom. The van der Waals surface area contributed by atoms with E-state index in [1.807, 2.05) is 17.5 Å². The van der Waals surface area contributed by atoms with Crippen molar-refractivity contribution in [3.63, 3.8) is 0 Å². The molecule has 1 amide bonds. The van der Waals surface area contributed by atoms with Crippen LogP contribution in [0.1, 0.15) is 6.92 Å². The van der Waals surface area contributed by atoms with Crippen LogP contribution in [0.3, 0.4) is 0 Å². The first-order chi connectivity index (χ1) is 12.0. The standard InChI is InChI=1S/C17H13Cl2N3O2S/c1-10(24-12-4-5-13(18)14(19)7-12)16(23)22-17-21-15(9-25-17)11-3-2-6-20-8-11/h2-10H,1H3,(H,21,22,23). The van der Waals surface area contributed by atoms with Crippen molar-refractivity contribution < 1.29 is 9.53 Å². The highest BCUT2D eigenvalue weighted by Crippen LogP contribution is 2.27. The third-order valence-electron chi connectivity index (χ3n) is 3.26. The highest BCUT2D eigenvalue weighted by molar-refractivity contribution is 7.14. The lowest BCUT2D eigenvalue weighted by Gasteiger charge is -2.14. The Labute approximate surface area is 158 Å². The molecule has 8 heteroatoms. The van der Waals surface area contributed by atoms with E-state index in [2.05, 4.69) is 15.3 Å². The average Bonchev–Trinajstić information content (AvgIpc) is 3.07. The number of benzene rings is 1. The van der Waals surface area contributed by atoms with Crippen LogP contribution in [0.2, 0.25) is 10.0 Å². The van der Waals surface area contributed by atoms with E-state index in [9.17, 15) is 4.79 Å². The summed E-state index contributed by atoms with van der Waals surface area (Å²) in [5.41, 5.74) is 1.64. The van der Waals surface area contributed by atoms with Gasteiger partial charge in [0.05, 0.1) is 15.7 Å². The first kappa shape index (κ1) is 17.7. The maximum atomic E-state index is 12.3. The molecule has 0 spiro atoms. The summed E-state index contributed by atoms with van der Waals surface area (Å²) in [6.45, 7) is 1.65. The highest BCUT2D eigenvalue weighted by atomic mass is 35.5. The molecule has 128 valence electrons. The summed E-state index contributed by atoms with van der Waals surface area (Å²) in [5.74, 6) is 0.158. The Kier molecular flexibility index (Phi) is 5.53. The molecule has 25 heavy (non-hydrogen) atoms. The predicted molar refractivity (Wildman–Crippen MR) is 101 cm³/mol. The molecule has 0 saturated heterocycles. The smallest absolute Gasteiger partial charge is 0.266 e. The van der Waals surface area contributed by atoms with Crippen LogP contribution < -0.4 is 10.1 Å². The zero-order valence-electron chi connectivity index (χ0n) is 13.1. The Hall–Kier alpha value is -2.15. The van der Waals surface area contributed by atoms with Gasteiger partial charge in [-0.2, -0.15) is 0 Å². The van der Waals surface area contributed by atoms with Gasteiger partial charge in [-0.15, -0.1) is 11.3 Å². The second kappa shape index (κ2) is 7.82. The average molecular weight is 394 g/mol. The molecule has 2 heterocycles. The first-order valence-electron chi connectivity index (χ1n) is 7.31. The van der Waals surface area contributed by atoms with Crippen molar-refractivity contribution in [1.29, 1.82) is 0 Å². The van der Waals surface area contributed by atoms with Crippen molar-refractivity contribution in [3.05, 3.63) is 58.2 Å². The number of thiazole rings is 1. The van der Waals surface area contributed by atoms with Gasteiger partial charge in [0.15, 0.2) is 11.2 Å². The van der Waals surface area contributed by atoms with Crippen molar-refractivity contribution >= 4 is 45.6 Å². The van der Waals surface area contributed by atoms with Gasteiger partial charge in [-0.05, 0) is 31.2 Å². The summed E-state index contributed by atoms with van der Waals surface area (Å²) in [4.78, 5) is 20.7. The second-order valence-electron chi connectivity index (χ2n) is 5.10. The molecule has 0 fully saturated rings. The zero-order valence-corrected chi connectivity index (χ0v) is 15.4. The summed E-state index contributed by atoms with van der Waals surface area (Å²) >= 11 is 13.1. The topological polar surface area (TPSA) is 64.1 Å². The summed E-state index contributed by atoms with van der Waals surface area (Å²) in [6, 6.07) is 8.58. The monoisotopic (exact) mass is 393 g/mol. The van der Waals surface area contributed by atoms with Crippen LogP contribution in [-0.4, -0.2) is 22.0 Å². The largest absolute Gasteiger partial charge is 0.481 e. The molecule has 5 nitrogen and oxygen atoms in total. The molecule has 2 aromatic heterocycles. The van der Waals surface area contributed by atoms with Crippen LogP contribution in [0.25, 0.3) is 11.3 Å². The van der Waals surface area contributed by atoms with E-state index < -0.39 is 6.10 Å². The Balaban J connectivity index is 1.63. The number of nitrogens with one attached hydrogen (secondary N) is 1. The molecule has 0 bridgehead atoms. The molecular formula is C17H13Cl2N3O2S.